The molecule has 1 heterocycles. The van der Waals surface area contributed by atoms with E-state index in [2.05, 4.69) is 46.8 Å². The van der Waals surface area contributed by atoms with Crippen LogP contribution in [0.2, 0.25) is 0 Å². The molecule has 154 valence electrons. The van der Waals surface area contributed by atoms with E-state index in [0.29, 0.717) is 18.1 Å². The number of nitriles is 1. The molecular weight excluding hydrogens is 376 g/mol. The summed E-state index contributed by atoms with van der Waals surface area (Å²) in [6, 6.07) is 8.40. The topological polar surface area (TPSA) is 45.9 Å². The van der Waals surface area contributed by atoms with Crippen molar-refractivity contribution in [1.82, 2.24) is 4.98 Å². The lowest BCUT2D eigenvalue weighted by molar-refractivity contribution is 0.291. The first-order valence-electron chi connectivity index (χ1n) is 10.8. The van der Waals surface area contributed by atoms with E-state index >= 15 is 0 Å². The number of hydrogen-bond donors (Lipinski definition) is 0. The lowest BCUT2D eigenvalue weighted by Crippen LogP contribution is -2.09. The van der Waals surface area contributed by atoms with Gasteiger partial charge in [-0.3, -0.25) is 0 Å². The highest BCUT2D eigenvalue weighted by Crippen LogP contribution is 2.45. The van der Waals surface area contributed by atoms with Crippen LogP contribution >= 0.6 is 11.8 Å². The quantitative estimate of drug-likeness (QED) is 0.420. The van der Waals surface area contributed by atoms with Gasteiger partial charge in [0, 0.05) is 21.0 Å². The van der Waals surface area contributed by atoms with E-state index in [1.165, 1.54) is 28.9 Å². The number of benzene rings is 1. The summed E-state index contributed by atoms with van der Waals surface area (Å²) in [5.41, 5.74) is 5.50. The Kier molecular flexibility index (Phi) is 7.24. The predicted molar refractivity (Wildman–Crippen MR) is 120 cm³/mol. The zero-order chi connectivity index (χ0) is 21.0. The van der Waals surface area contributed by atoms with Gasteiger partial charge in [0.05, 0.1) is 18.2 Å². The molecule has 0 atom stereocenters. The van der Waals surface area contributed by atoms with E-state index in [-0.39, 0.29) is 0 Å². The smallest absolute Gasteiger partial charge is 0.218 e. The highest BCUT2D eigenvalue weighted by Gasteiger charge is 2.28. The zero-order valence-electron chi connectivity index (χ0n) is 18.3. The molecule has 4 heteroatoms. The molecule has 1 fully saturated rings. The Morgan fingerprint density at radius 2 is 2.00 bits per heavy atom. The molecular formula is C25H32N2OS. The SMILES string of the molecule is CCCCOc1nc(C)c(CC2CC2)c(Sc2cc(C)cc(C#N)c2)c1C(C)C. The van der Waals surface area contributed by atoms with Gasteiger partial charge in [0.1, 0.15) is 0 Å². The molecule has 29 heavy (non-hydrogen) atoms. The normalized spacial score (nSPS) is 13.6. The monoisotopic (exact) mass is 408 g/mol. The van der Waals surface area contributed by atoms with Crippen LogP contribution in [0, 0.1) is 31.1 Å². The van der Waals surface area contributed by atoms with E-state index < -0.39 is 0 Å². The first kappa shape index (κ1) is 21.7. The summed E-state index contributed by atoms with van der Waals surface area (Å²) in [6.07, 6.45) is 5.87. The maximum absolute atomic E-state index is 9.40. The first-order valence-corrected chi connectivity index (χ1v) is 11.6. The van der Waals surface area contributed by atoms with Crippen molar-refractivity contribution >= 4 is 11.8 Å². The third-order valence-corrected chi connectivity index (χ3v) is 6.50. The highest BCUT2D eigenvalue weighted by atomic mass is 32.2. The minimum atomic E-state index is 0.320. The van der Waals surface area contributed by atoms with Gasteiger partial charge in [0.2, 0.25) is 5.88 Å². The minimum absolute atomic E-state index is 0.320. The Labute approximate surface area is 179 Å². The Balaban J connectivity index is 2.09. The number of pyridine rings is 1. The van der Waals surface area contributed by atoms with E-state index in [1.54, 1.807) is 11.8 Å². The van der Waals surface area contributed by atoms with Crippen molar-refractivity contribution in [2.45, 2.75) is 82.4 Å². The van der Waals surface area contributed by atoms with Crippen LogP contribution in [-0.2, 0) is 6.42 Å². The number of rotatable bonds is 9. The number of nitrogens with zero attached hydrogens (tertiary/aromatic N) is 2. The van der Waals surface area contributed by atoms with Crippen LogP contribution in [-0.4, -0.2) is 11.6 Å². The molecule has 0 aliphatic heterocycles. The second kappa shape index (κ2) is 9.67. The van der Waals surface area contributed by atoms with E-state index in [1.807, 2.05) is 12.1 Å². The summed E-state index contributed by atoms with van der Waals surface area (Å²) in [5, 5.41) is 9.40. The first-order chi connectivity index (χ1) is 13.9. The van der Waals surface area contributed by atoms with Crippen LogP contribution < -0.4 is 4.74 Å². The summed E-state index contributed by atoms with van der Waals surface area (Å²) in [4.78, 5) is 7.32. The largest absolute Gasteiger partial charge is 0.477 e. The fourth-order valence-electron chi connectivity index (χ4n) is 3.59. The van der Waals surface area contributed by atoms with Crippen molar-refractivity contribution in [1.29, 1.82) is 5.26 Å². The van der Waals surface area contributed by atoms with Crippen molar-refractivity contribution in [2.24, 2.45) is 5.92 Å². The Morgan fingerprint density at radius 1 is 1.24 bits per heavy atom. The van der Waals surface area contributed by atoms with Crippen molar-refractivity contribution in [3.63, 3.8) is 0 Å². The number of aryl methyl sites for hydroxylation is 2. The van der Waals surface area contributed by atoms with Crippen LogP contribution in [0.4, 0.5) is 0 Å². The third kappa shape index (κ3) is 5.54. The van der Waals surface area contributed by atoms with Crippen LogP contribution in [0.1, 0.15) is 80.3 Å². The summed E-state index contributed by atoms with van der Waals surface area (Å²) < 4.78 is 6.17. The molecule has 2 aromatic rings. The number of unbranched alkanes of at least 4 members (excludes halogenated alkanes) is 1. The second-order valence-corrected chi connectivity index (χ2v) is 9.56. The summed E-state index contributed by atoms with van der Waals surface area (Å²) in [7, 11) is 0. The Bertz CT molecular complexity index is 910. The molecule has 0 saturated heterocycles. The fourth-order valence-corrected chi connectivity index (χ4v) is 5.05. The molecule has 3 nitrogen and oxygen atoms in total. The lowest BCUT2D eigenvalue weighted by atomic mass is 9.98. The van der Waals surface area contributed by atoms with Gasteiger partial charge in [-0.15, -0.1) is 0 Å². The second-order valence-electron chi connectivity index (χ2n) is 8.48. The number of aromatic nitrogens is 1. The molecule has 1 aromatic heterocycles. The maximum atomic E-state index is 9.40. The van der Waals surface area contributed by atoms with Crippen LogP contribution in [0.15, 0.2) is 28.0 Å². The lowest BCUT2D eigenvalue weighted by Gasteiger charge is -2.22. The zero-order valence-corrected chi connectivity index (χ0v) is 19.2. The van der Waals surface area contributed by atoms with Gasteiger partial charge in [-0.25, -0.2) is 4.98 Å². The Hall–Kier alpha value is -1.99. The highest BCUT2D eigenvalue weighted by molar-refractivity contribution is 7.99. The third-order valence-electron chi connectivity index (χ3n) is 5.36. The number of hydrogen-bond acceptors (Lipinski definition) is 4. The van der Waals surface area contributed by atoms with Crippen molar-refractivity contribution < 1.29 is 4.74 Å². The van der Waals surface area contributed by atoms with Gasteiger partial charge in [-0.2, -0.15) is 5.26 Å². The van der Waals surface area contributed by atoms with Crippen LogP contribution in [0.25, 0.3) is 0 Å². The average molecular weight is 409 g/mol. The van der Waals surface area contributed by atoms with Gasteiger partial charge in [0.15, 0.2) is 0 Å². The summed E-state index contributed by atoms with van der Waals surface area (Å²) in [5.74, 6) is 1.90. The molecule has 1 aromatic carbocycles. The van der Waals surface area contributed by atoms with Crippen LogP contribution in [0.3, 0.4) is 0 Å². The molecule has 1 saturated carbocycles. The molecule has 1 aliphatic carbocycles. The van der Waals surface area contributed by atoms with Crippen molar-refractivity contribution in [3.8, 4) is 11.9 Å². The predicted octanol–water partition coefficient (Wildman–Crippen LogP) is 6.98. The molecule has 3 rings (SSSR count). The van der Waals surface area contributed by atoms with Crippen LogP contribution in [0.5, 0.6) is 5.88 Å². The van der Waals surface area contributed by atoms with Gasteiger partial charge in [-0.05, 0) is 80.7 Å². The van der Waals surface area contributed by atoms with Gasteiger partial charge in [0.25, 0.3) is 0 Å². The molecule has 0 unspecified atom stereocenters. The average Bonchev–Trinajstić information content (AvgIpc) is 3.48. The molecule has 0 radical (unpaired) electrons. The van der Waals surface area contributed by atoms with E-state index in [0.717, 1.165) is 47.2 Å². The summed E-state index contributed by atoms with van der Waals surface area (Å²) in [6.45, 7) is 11.5. The van der Waals surface area contributed by atoms with E-state index in [9.17, 15) is 5.26 Å². The minimum Gasteiger partial charge on any atom is -0.477 e. The molecule has 0 spiro atoms. The van der Waals surface area contributed by atoms with Gasteiger partial charge in [-0.1, -0.05) is 39.0 Å². The van der Waals surface area contributed by atoms with Crippen molar-refractivity contribution in [2.75, 3.05) is 6.61 Å². The molecule has 0 bridgehead atoms. The molecule has 0 N–H and O–H groups in total. The van der Waals surface area contributed by atoms with Gasteiger partial charge < -0.3 is 4.74 Å². The van der Waals surface area contributed by atoms with Gasteiger partial charge >= 0.3 is 0 Å². The molecule has 0 amide bonds. The van der Waals surface area contributed by atoms with E-state index in [4.69, 9.17) is 9.72 Å². The standard InChI is InChI=1S/C25H32N2OS/c1-6-7-10-28-25-23(16(2)3)24(22(18(5)27-25)14-19-8-9-19)29-21-12-17(4)11-20(13-21)15-26/h11-13,16,19H,6-10,14H2,1-5H3. The number of ether oxygens (including phenoxy) is 1. The van der Waals surface area contributed by atoms with Crippen molar-refractivity contribution in [3.05, 3.63) is 46.1 Å². The fraction of sp³-hybridized carbons (Fsp3) is 0.520. The maximum Gasteiger partial charge on any atom is 0.218 e. The molecule has 1 aliphatic rings. The summed E-state index contributed by atoms with van der Waals surface area (Å²) >= 11 is 1.78. The Morgan fingerprint density at radius 3 is 2.62 bits per heavy atom.